The number of nitrogens with zero attached hydrogens (tertiary/aromatic N) is 3. The van der Waals surface area contributed by atoms with Crippen molar-refractivity contribution in [1.29, 1.82) is 0 Å². The Morgan fingerprint density at radius 3 is 2.70 bits per heavy atom. The highest BCUT2D eigenvalue weighted by atomic mass is 28.4. The molecule has 0 aliphatic carbocycles. The maximum absolute atomic E-state index is 6.05. The highest BCUT2D eigenvalue weighted by Gasteiger charge is 2.17. The van der Waals surface area contributed by atoms with Crippen LogP contribution in [0.1, 0.15) is 5.82 Å². The van der Waals surface area contributed by atoms with Crippen LogP contribution in [-0.4, -0.2) is 24.1 Å². The van der Waals surface area contributed by atoms with Crippen LogP contribution in [0, 0.1) is 6.92 Å². The summed E-state index contributed by atoms with van der Waals surface area (Å²) in [6.07, 6.45) is 5.64. The third kappa shape index (κ3) is 4.06. The minimum absolute atomic E-state index is 0.715. The van der Waals surface area contributed by atoms with E-state index in [9.17, 15) is 0 Å². The zero-order chi connectivity index (χ0) is 14.6. The molecular weight excluding hydrogens is 266 g/mol. The SMILES string of the molecule is Cc1nccn1CC=Nc1ccccc1O[Si](C)(C)C. The van der Waals surface area contributed by atoms with Crippen LogP contribution in [0.25, 0.3) is 0 Å². The predicted octanol–water partition coefficient (Wildman–Crippen LogP) is 3.81. The molecule has 0 N–H and O–H groups in total. The van der Waals surface area contributed by atoms with Crippen molar-refractivity contribution >= 4 is 20.2 Å². The van der Waals surface area contributed by atoms with Gasteiger partial charge in [0.05, 0.1) is 6.54 Å². The molecule has 0 aliphatic heterocycles. The molecule has 1 aromatic carbocycles. The second-order valence-electron chi connectivity index (χ2n) is 5.62. The molecule has 0 aliphatic rings. The van der Waals surface area contributed by atoms with Crippen LogP contribution in [0.5, 0.6) is 5.75 Å². The molecule has 0 fully saturated rings. The molecule has 106 valence electrons. The number of para-hydroxylation sites is 2. The summed E-state index contributed by atoms with van der Waals surface area (Å²) < 4.78 is 8.10. The van der Waals surface area contributed by atoms with E-state index in [2.05, 4.69) is 29.6 Å². The Kier molecular flexibility index (Phi) is 4.39. The first-order chi connectivity index (χ1) is 9.46. The molecule has 0 bridgehead atoms. The van der Waals surface area contributed by atoms with Crippen molar-refractivity contribution in [2.24, 2.45) is 4.99 Å². The van der Waals surface area contributed by atoms with Crippen molar-refractivity contribution in [3.05, 3.63) is 42.5 Å². The molecule has 0 atom stereocenters. The summed E-state index contributed by atoms with van der Waals surface area (Å²) in [6, 6.07) is 7.92. The largest absolute Gasteiger partial charge is 0.543 e. The zero-order valence-electron chi connectivity index (χ0n) is 12.5. The number of aromatic nitrogens is 2. The molecule has 0 spiro atoms. The van der Waals surface area contributed by atoms with E-state index in [-0.39, 0.29) is 0 Å². The van der Waals surface area contributed by atoms with Gasteiger partial charge in [0.15, 0.2) is 0 Å². The lowest BCUT2D eigenvalue weighted by molar-refractivity contribution is 0.559. The maximum atomic E-state index is 6.05. The Labute approximate surface area is 121 Å². The van der Waals surface area contributed by atoms with Crippen LogP contribution in [0.15, 0.2) is 41.7 Å². The molecule has 1 heterocycles. The van der Waals surface area contributed by atoms with Gasteiger partial charge in [0.25, 0.3) is 0 Å². The fraction of sp³-hybridized carbons (Fsp3) is 0.333. The van der Waals surface area contributed by atoms with Gasteiger partial charge in [0, 0.05) is 18.6 Å². The highest BCUT2D eigenvalue weighted by molar-refractivity contribution is 6.70. The summed E-state index contributed by atoms with van der Waals surface area (Å²) >= 11 is 0. The lowest BCUT2D eigenvalue weighted by atomic mass is 10.3. The molecular formula is C15H21N3OSi. The standard InChI is InChI=1S/C15H21N3OSi/c1-13-16-9-11-18(13)12-10-17-14-7-5-6-8-15(14)19-20(2,3)4/h5-11H,12H2,1-4H3. The third-order valence-electron chi connectivity index (χ3n) is 2.71. The quantitative estimate of drug-likeness (QED) is 0.619. The van der Waals surface area contributed by atoms with Gasteiger partial charge in [-0.1, -0.05) is 12.1 Å². The number of rotatable bonds is 5. The number of aryl methyl sites for hydroxylation is 1. The zero-order valence-corrected chi connectivity index (χ0v) is 13.5. The van der Waals surface area contributed by atoms with E-state index in [1.54, 1.807) is 6.20 Å². The van der Waals surface area contributed by atoms with Gasteiger partial charge < -0.3 is 8.99 Å². The van der Waals surface area contributed by atoms with Gasteiger partial charge in [0.1, 0.15) is 17.3 Å². The first kappa shape index (κ1) is 14.5. The van der Waals surface area contributed by atoms with Crippen molar-refractivity contribution < 1.29 is 4.43 Å². The lowest BCUT2D eigenvalue weighted by Gasteiger charge is -2.20. The molecule has 2 aromatic rings. The van der Waals surface area contributed by atoms with Crippen molar-refractivity contribution in [2.45, 2.75) is 33.1 Å². The first-order valence-electron chi connectivity index (χ1n) is 6.74. The first-order valence-corrected chi connectivity index (χ1v) is 10.1. The van der Waals surface area contributed by atoms with Crippen molar-refractivity contribution in [2.75, 3.05) is 0 Å². The van der Waals surface area contributed by atoms with Crippen LogP contribution < -0.4 is 4.43 Å². The number of aliphatic imine (C=N–C) groups is 1. The maximum Gasteiger partial charge on any atom is 0.242 e. The van der Waals surface area contributed by atoms with Gasteiger partial charge in [-0.05, 0) is 38.7 Å². The van der Waals surface area contributed by atoms with E-state index >= 15 is 0 Å². The molecule has 0 saturated heterocycles. The van der Waals surface area contributed by atoms with Gasteiger partial charge >= 0.3 is 0 Å². The van der Waals surface area contributed by atoms with E-state index in [4.69, 9.17) is 4.43 Å². The van der Waals surface area contributed by atoms with Crippen LogP contribution in [0.3, 0.4) is 0 Å². The van der Waals surface area contributed by atoms with Crippen molar-refractivity contribution in [3.8, 4) is 5.75 Å². The van der Waals surface area contributed by atoms with Crippen molar-refractivity contribution in [3.63, 3.8) is 0 Å². The Bertz CT molecular complexity index is 599. The Morgan fingerprint density at radius 1 is 1.30 bits per heavy atom. The van der Waals surface area contributed by atoms with E-state index in [1.807, 2.05) is 48.2 Å². The van der Waals surface area contributed by atoms with E-state index in [0.29, 0.717) is 6.54 Å². The van der Waals surface area contributed by atoms with E-state index in [0.717, 1.165) is 17.3 Å². The summed E-state index contributed by atoms with van der Waals surface area (Å²) in [5.41, 5.74) is 0.882. The fourth-order valence-electron chi connectivity index (χ4n) is 1.80. The molecule has 5 heteroatoms. The van der Waals surface area contributed by atoms with Crippen molar-refractivity contribution in [1.82, 2.24) is 9.55 Å². The average Bonchev–Trinajstić information content (AvgIpc) is 2.75. The Morgan fingerprint density at radius 2 is 2.05 bits per heavy atom. The smallest absolute Gasteiger partial charge is 0.242 e. The van der Waals surface area contributed by atoms with E-state index < -0.39 is 8.32 Å². The molecule has 0 unspecified atom stereocenters. The second-order valence-corrected chi connectivity index (χ2v) is 10.0. The number of hydrogen-bond donors (Lipinski definition) is 0. The molecule has 20 heavy (non-hydrogen) atoms. The number of imidazole rings is 1. The lowest BCUT2D eigenvalue weighted by Crippen LogP contribution is -2.29. The Hall–Kier alpha value is -1.88. The monoisotopic (exact) mass is 287 g/mol. The molecule has 0 radical (unpaired) electrons. The van der Waals surface area contributed by atoms with Crippen LogP contribution in [-0.2, 0) is 6.54 Å². The molecule has 2 rings (SSSR count). The van der Waals surface area contributed by atoms with Crippen LogP contribution in [0.4, 0.5) is 5.69 Å². The van der Waals surface area contributed by atoms with Crippen LogP contribution in [0.2, 0.25) is 19.6 Å². The molecule has 0 saturated carbocycles. The van der Waals surface area contributed by atoms with Crippen LogP contribution >= 0.6 is 0 Å². The summed E-state index contributed by atoms with van der Waals surface area (Å²) in [5, 5.41) is 0. The van der Waals surface area contributed by atoms with Gasteiger partial charge in [0.2, 0.25) is 8.32 Å². The summed E-state index contributed by atoms with van der Waals surface area (Å²) in [7, 11) is -1.62. The topological polar surface area (TPSA) is 39.4 Å². The summed E-state index contributed by atoms with van der Waals surface area (Å²) in [5.74, 6) is 1.85. The fourth-order valence-corrected chi connectivity index (χ4v) is 2.64. The Balaban J connectivity index is 2.11. The second kappa shape index (κ2) is 6.05. The predicted molar refractivity (Wildman–Crippen MR) is 85.5 cm³/mol. The molecule has 4 nitrogen and oxygen atoms in total. The molecule has 0 amide bonds. The minimum atomic E-state index is -1.62. The molecule has 1 aromatic heterocycles. The van der Waals surface area contributed by atoms with E-state index in [1.165, 1.54) is 0 Å². The van der Waals surface area contributed by atoms with Gasteiger partial charge in [-0.3, -0.25) is 4.99 Å². The summed E-state index contributed by atoms with van der Waals surface area (Å²) in [4.78, 5) is 8.72. The number of benzene rings is 1. The van der Waals surface area contributed by atoms with Gasteiger partial charge in [-0.2, -0.15) is 0 Å². The highest BCUT2D eigenvalue weighted by Crippen LogP contribution is 2.28. The summed E-state index contributed by atoms with van der Waals surface area (Å²) in [6.45, 7) is 9.20. The number of hydrogen-bond acceptors (Lipinski definition) is 3. The average molecular weight is 287 g/mol. The van der Waals surface area contributed by atoms with Gasteiger partial charge in [-0.25, -0.2) is 4.98 Å². The minimum Gasteiger partial charge on any atom is -0.543 e. The third-order valence-corrected chi connectivity index (χ3v) is 3.55. The van der Waals surface area contributed by atoms with Gasteiger partial charge in [-0.15, -0.1) is 0 Å². The normalized spacial score (nSPS) is 12.0.